The van der Waals surface area contributed by atoms with Crippen molar-refractivity contribution in [1.82, 2.24) is 15.1 Å². The second-order valence-corrected chi connectivity index (χ2v) is 6.20. The highest BCUT2D eigenvalue weighted by Gasteiger charge is 2.40. The summed E-state index contributed by atoms with van der Waals surface area (Å²) in [4.78, 5) is 0. The molecule has 3 aromatic rings. The van der Waals surface area contributed by atoms with Gasteiger partial charge in [0.2, 0.25) is 5.72 Å². The summed E-state index contributed by atoms with van der Waals surface area (Å²) in [6.45, 7) is 4.33. The maximum absolute atomic E-state index is 9.87. The zero-order valence-electron chi connectivity index (χ0n) is 13.7. The van der Waals surface area contributed by atoms with Gasteiger partial charge in [-0.3, -0.25) is 4.68 Å². The molecule has 1 atom stereocenters. The normalized spacial score (nSPS) is 20.2. The number of nitrogens with zero attached hydrogens (tertiary/aromatic N) is 2. The molecule has 0 amide bonds. The monoisotopic (exact) mass is 321 g/mol. The predicted octanol–water partition coefficient (Wildman–Crippen LogP) is 3.62. The SMILES string of the molecule is CC1=C(O)OC(C)(c2nn(Cc3ccccc3)c3ccccc23)N1. The molecular weight excluding hydrogens is 302 g/mol. The highest BCUT2D eigenvalue weighted by atomic mass is 16.6. The van der Waals surface area contributed by atoms with Crippen LogP contribution >= 0.6 is 0 Å². The number of allylic oxidation sites excluding steroid dienone is 1. The Morgan fingerprint density at radius 2 is 1.83 bits per heavy atom. The van der Waals surface area contributed by atoms with Crippen molar-refractivity contribution in [3.8, 4) is 0 Å². The minimum Gasteiger partial charge on any atom is -0.480 e. The first-order valence-corrected chi connectivity index (χ1v) is 7.94. The topological polar surface area (TPSA) is 59.3 Å². The van der Waals surface area contributed by atoms with E-state index in [0.717, 1.165) is 16.6 Å². The number of hydrogen-bond acceptors (Lipinski definition) is 4. The molecule has 2 N–H and O–H groups in total. The number of hydrogen-bond donors (Lipinski definition) is 2. The average Bonchev–Trinajstić information content (AvgIpc) is 3.07. The van der Waals surface area contributed by atoms with Crippen LogP contribution in [0.15, 0.2) is 66.2 Å². The van der Waals surface area contributed by atoms with E-state index in [4.69, 9.17) is 9.84 Å². The van der Waals surface area contributed by atoms with E-state index >= 15 is 0 Å². The van der Waals surface area contributed by atoms with Crippen LogP contribution in [0.25, 0.3) is 10.9 Å². The predicted molar refractivity (Wildman–Crippen MR) is 92.2 cm³/mol. The third-order valence-corrected chi connectivity index (χ3v) is 4.33. The van der Waals surface area contributed by atoms with Crippen molar-refractivity contribution in [3.63, 3.8) is 0 Å². The van der Waals surface area contributed by atoms with E-state index < -0.39 is 5.72 Å². The van der Waals surface area contributed by atoms with Crippen LogP contribution in [0.3, 0.4) is 0 Å². The number of fused-ring (bicyclic) bond motifs is 1. The molecule has 2 heterocycles. The molecule has 122 valence electrons. The van der Waals surface area contributed by atoms with Crippen molar-refractivity contribution in [2.24, 2.45) is 0 Å². The molecule has 0 aliphatic carbocycles. The molecule has 0 spiro atoms. The highest BCUT2D eigenvalue weighted by molar-refractivity contribution is 5.83. The summed E-state index contributed by atoms with van der Waals surface area (Å²) in [7, 11) is 0. The molecule has 0 radical (unpaired) electrons. The Morgan fingerprint density at radius 3 is 2.54 bits per heavy atom. The first kappa shape index (κ1) is 14.6. The third-order valence-electron chi connectivity index (χ3n) is 4.33. The van der Waals surface area contributed by atoms with Crippen LogP contribution in [0.1, 0.15) is 25.1 Å². The highest BCUT2D eigenvalue weighted by Crippen LogP contribution is 2.35. The molecule has 5 nitrogen and oxygen atoms in total. The van der Waals surface area contributed by atoms with E-state index in [2.05, 4.69) is 17.4 Å². The summed E-state index contributed by atoms with van der Waals surface area (Å²) in [5.41, 5.74) is 2.71. The van der Waals surface area contributed by atoms with Crippen molar-refractivity contribution in [2.45, 2.75) is 26.1 Å². The Hall–Kier alpha value is -2.95. The van der Waals surface area contributed by atoms with E-state index in [1.165, 1.54) is 5.56 Å². The molecule has 1 aliphatic rings. The Balaban J connectivity index is 1.81. The van der Waals surface area contributed by atoms with Gasteiger partial charge in [-0.15, -0.1) is 0 Å². The Kier molecular flexibility index (Phi) is 3.23. The lowest BCUT2D eigenvalue weighted by Crippen LogP contribution is -2.36. The molecule has 0 saturated carbocycles. The standard InChI is InChI=1S/C19H19N3O2/c1-13-18(23)24-19(2,20-13)17-15-10-6-7-11-16(15)22(21-17)12-14-8-4-3-5-9-14/h3-11,20,23H,12H2,1-2H3. The average molecular weight is 321 g/mol. The molecule has 24 heavy (non-hydrogen) atoms. The number of rotatable bonds is 3. The zero-order valence-corrected chi connectivity index (χ0v) is 13.7. The van der Waals surface area contributed by atoms with E-state index in [1.54, 1.807) is 6.92 Å². The maximum Gasteiger partial charge on any atom is 0.298 e. The van der Waals surface area contributed by atoms with Gasteiger partial charge in [-0.05, 0) is 18.6 Å². The van der Waals surface area contributed by atoms with Crippen molar-refractivity contribution in [1.29, 1.82) is 0 Å². The lowest BCUT2D eigenvalue weighted by atomic mass is 10.1. The van der Waals surface area contributed by atoms with Crippen LogP contribution < -0.4 is 5.32 Å². The van der Waals surface area contributed by atoms with Crippen molar-refractivity contribution in [2.75, 3.05) is 0 Å². The fourth-order valence-corrected chi connectivity index (χ4v) is 3.17. The Morgan fingerprint density at radius 1 is 1.12 bits per heavy atom. The van der Waals surface area contributed by atoms with Gasteiger partial charge in [0.15, 0.2) is 0 Å². The van der Waals surface area contributed by atoms with Crippen LogP contribution in [-0.4, -0.2) is 14.9 Å². The number of aliphatic hydroxyl groups is 1. The summed E-state index contributed by atoms with van der Waals surface area (Å²) >= 11 is 0. The number of aliphatic hydroxyl groups excluding tert-OH is 1. The summed E-state index contributed by atoms with van der Waals surface area (Å²) in [6.07, 6.45) is 0. The maximum atomic E-state index is 9.87. The number of nitrogens with one attached hydrogen (secondary N) is 1. The quantitative estimate of drug-likeness (QED) is 0.773. The second-order valence-electron chi connectivity index (χ2n) is 6.20. The molecule has 1 aromatic heterocycles. The van der Waals surface area contributed by atoms with Gasteiger partial charge in [0, 0.05) is 12.3 Å². The van der Waals surface area contributed by atoms with Gasteiger partial charge in [-0.25, -0.2) is 0 Å². The van der Waals surface area contributed by atoms with Gasteiger partial charge in [-0.2, -0.15) is 5.10 Å². The minimum absolute atomic E-state index is 0.0841. The van der Waals surface area contributed by atoms with Crippen LogP contribution in [-0.2, 0) is 17.0 Å². The smallest absolute Gasteiger partial charge is 0.298 e. The van der Waals surface area contributed by atoms with Crippen LogP contribution in [0.5, 0.6) is 0 Å². The van der Waals surface area contributed by atoms with Gasteiger partial charge in [-0.1, -0.05) is 48.5 Å². The molecule has 2 aromatic carbocycles. The number of para-hydroxylation sites is 1. The van der Waals surface area contributed by atoms with Crippen LogP contribution in [0.2, 0.25) is 0 Å². The molecule has 0 fully saturated rings. The van der Waals surface area contributed by atoms with Crippen LogP contribution in [0, 0.1) is 0 Å². The number of aromatic nitrogens is 2. The second kappa shape index (κ2) is 5.30. The van der Waals surface area contributed by atoms with Gasteiger partial charge in [0.1, 0.15) is 5.69 Å². The third kappa shape index (κ3) is 2.29. The summed E-state index contributed by atoms with van der Waals surface area (Å²) < 4.78 is 7.64. The molecule has 4 rings (SSSR count). The van der Waals surface area contributed by atoms with Crippen molar-refractivity contribution in [3.05, 3.63) is 77.5 Å². The first-order valence-electron chi connectivity index (χ1n) is 7.94. The van der Waals surface area contributed by atoms with Gasteiger partial charge in [0.25, 0.3) is 5.95 Å². The van der Waals surface area contributed by atoms with Crippen molar-refractivity contribution < 1.29 is 9.84 Å². The zero-order chi connectivity index (χ0) is 16.7. The van der Waals surface area contributed by atoms with Gasteiger partial charge >= 0.3 is 0 Å². The van der Waals surface area contributed by atoms with E-state index in [9.17, 15) is 5.11 Å². The van der Waals surface area contributed by atoms with Gasteiger partial charge in [0.05, 0.1) is 17.8 Å². The van der Waals surface area contributed by atoms with Crippen LogP contribution in [0.4, 0.5) is 0 Å². The molecule has 5 heteroatoms. The lowest BCUT2D eigenvalue weighted by Gasteiger charge is -2.23. The van der Waals surface area contributed by atoms with Gasteiger partial charge < -0.3 is 15.2 Å². The molecule has 0 saturated heterocycles. The summed E-state index contributed by atoms with van der Waals surface area (Å²) in [5, 5.41) is 18.9. The fraction of sp³-hybridized carbons (Fsp3) is 0.211. The molecular formula is C19H19N3O2. The van der Waals surface area contributed by atoms with E-state index in [1.807, 2.05) is 54.1 Å². The summed E-state index contributed by atoms with van der Waals surface area (Å²) in [6, 6.07) is 18.3. The Bertz CT molecular complexity index is 914. The molecule has 1 aliphatic heterocycles. The largest absolute Gasteiger partial charge is 0.480 e. The number of benzene rings is 2. The molecule has 1 unspecified atom stereocenters. The minimum atomic E-state index is -0.879. The van der Waals surface area contributed by atoms with E-state index in [0.29, 0.717) is 12.2 Å². The first-order chi connectivity index (χ1) is 11.6. The lowest BCUT2D eigenvalue weighted by molar-refractivity contribution is -0.0324. The Labute approximate surface area is 140 Å². The molecule has 0 bridgehead atoms. The van der Waals surface area contributed by atoms with E-state index in [-0.39, 0.29) is 5.95 Å². The van der Waals surface area contributed by atoms with Crippen molar-refractivity contribution >= 4 is 10.9 Å². The summed E-state index contributed by atoms with van der Waals surface area (Å²) in [5.74, 6) is -0.0841. The number of ether oxygens (including phenoxy) is 1. The fourth-order valence-electron chi connectivity index (χ4n) is 3.17.